The quantitative estimate of drug-likeness (QED) is 0.390. The number of likely N-dealkylation sites (tertiary alicyclic amines) is 1. The van der Waals surface area contributed by atoms with Gasteiger partial charge in [0.2, 0.25) is 0 Å². The summed E-state index contributed by atoms with van der Waals surface area (Å²) >= 11 is 0. The number of carbonyl (C=O) groups is 1. The summed E-state index contributed by atoms with van der Waals surface area (Å²) in [6.07, 6.45) is 10.6. The highest BCUT2D eigenvalue weighted by Gasteiger charge is 2.32. The third-order valence-corrected chi connectivity index (χ3v) is 7.74. The molecule has 0 radical (unpaired) electrons. The van der Waals surface area contributed by atoms with E-state index in [-0.39, 0.29) is 11.9 Å². The van der Waals surface area contributed by atoms with E-state index >= 15 is 0 Å². The lowest BCUT2D eigenvalue weighted by Gasteiger charge is -2.35. The van der Waals surface area contributed by atoms with Gasteiger partial charge in [-0.3, -0.25) is 9.78 Å². The van der Waals surface area contributed by atoms with Gasteiger partial charge in [0.25, 0.3) is 5.91 Å². The largest absolute Gasteiger partial charge is 0.330 e. The molecule has 6 nitrogen and oxygen atoms in total. The number of para-hydroxylation sites is 1. The molecule has 6 heteroatoms. The van der Waals surface area contributed by atoms with Crippen LogP contribution in [0.25, 0.3) is 16.6 Å². The lowest BCUT2D eigenvalue weighted by atomic mass is 9.97. The van der Waals surface area contributed by atoms with Gasteiger partial charge in [-0.05, 0) is 62.6 Å². The van der Waals surface area contributed by atoms with Gasteiger partial charge < -0.3 is 4.90 Å². The second kappa shape index (κ2) is 8.49. The summed E-state index contributed by atoms with van der Waals surface area (Å²) in [6.45, 7) is 5.22. The van der Waals surface area contributed by atoms with Crippen LogP contribution in [0.1, 0.15) is 84.7 Å². The Morgan fingerprint density at radius 3 is 2.82 bits per heavy atom. The van der Waals surface area contributed by atoms with Crippen LogP contribution in [0.3, 0.4) is 0 Å². The third-order valence-electron chi connectivity index (χ3n) is 7.74. The van der Waals surface area contributed by atoms with Crippen molar-refractivity contribution in [3.63, 3.8) is 0 Å². The minimum absolute atomic E-state index is 0.0378. The molecule has 1 unspecified atom stereocenters. The van der Waals surface area contributed by atoms with Crippen molar-refractivity contribution < 1.29 is 4.79 Å². The Kier molecular flexibility index (Phi) is 5.31. The normalized spacial score (nSPS) is 23.1. The average Bonchev–Trinajstić information content (AvgIpc) is 3.48. The van der Waals surface area contributed by atoms with Crippen LogP contribution in [0, 0.1) is 12.8 Å². The van der Waals surface area contributed by atoms with Gasteiger partial charge in [-0.1, -0.05) is 31.5 Å². The summed E-state index contributed by atoms with van der Waals surface area (Å²) in [5, 5.41) is 5.90. The molecule has 1 saturated heterocycles. The fraction of sp³-hybridized carbons (Fsp3) is 0.429. The average molecular weight is 454 g/mol. The molecular weight excluding hydrogens is 422 g/mol. The topological polar surface area (TPSA) is 63.4 Å². The van der Waals surface area contributed by atoms with E-state index in [1.165, 1.54) is 30.5 Å². The fourth-order valence-electron chi connectivity index (χ4n) is 5.99. The molecule has 2 aliphatic rings. The molecule has 6 rings (SSSR count). The summed E-state index contributed by atoms with van der Waals surface area (Å²) in [4.78, 5) is 25.3. The monoisotopic (exact) mass is 453 g/mol. The van der Waals surface area contributed by atoms with Crippen LogP contribution in [-0.4, -0.2) is 36.9 Å². The molecule has 1 aromatic carbocycles. The van der Waals surface area contributed by atoms with Gasteiger partial charge in [-0.15, -0.1) is 0 Å². The molecule has 3 aromatic heterocycles. The van der Waals surface area contributed by atoms with E-state index in [0.717, 1.165) is 54.0 Å². The van der Waals surface area contributed by atoms with Crippen molar-refractivity contribution in [2.75, 3.05) is 6.54 Å². The third kappa shape index (κ3) is 3.65. The Morgan fingerprint density at radius 2 is 1.97 bits per heavy atom. The van der Waals surface area contributed by atoms with Crippen LogP contribution in [0.5, 0.6) is 0 Å². The second-order valence-electron chi connectivity index (χ2n) is 10.2. The molecule has 174 valence electrons. The van der Waals surface area contributed by atoms with Crippen molar-refractivity contribution in [1.29, 1.82) is 0 Å². The SMILES string of the molecule is Cc1cn2nc([C@@H]3CCCCN3C(=O)c3cccc4cccnc34)cc2nc1C1CC[C@H](C)C1. The van der Waals surface area contributed by atoms with Gasteiger partial charge in [0.05, 0.1) is 28.5 Å². The van der Waals surface area contributed by atoms with Crippen molar-refractivity contribution >= 4 is 22.5 Å². The molecule has 1 aliphatic carbocycles. The van der Waals surface area contributed by atoms with E-state index in [0.29, 0.717) is 11.5 Å². The molecular formula is C28H31N5O. The Hall–Kier alpha value is -3.28. The van der Waals surface area contributed by atoms with E-state index in [1.54, 1.807) is 6.20 Å². The van der Waals surface area contributed by atoms with Crippen molar-refractivity contribution in [3.8, 4) is 0 Å². The van der Waals surface area contributed by atoms with Gasteiger partial charge >= 0.3 is 0 Å². The number of aromatic nitrogens is 4. The van der Waals surface area contributed by atoms with Crippen LogP contribution >= 0.6 is 0 Å². The molecule has 3 atom stereocenters. The number of carbonyl (C=O) groups excluding carboxylic acids is 1. The lowest BCUT2D eigenvalue weighted by molar-refractivity contribution is 0.0607. The zero-order valence-corrected chi connectivity index (χ0v) is 19.9. The van der Waals surface area contributed by atoms with Gasteiger partial charge in [0, 0.05) is 36.3 Å². The Morgan fingerprint density at radius 1 is 1.09 bits per heavy atom. The van der Waals surface area contributed by atoms with Crippen LogP contribution in [-0.2, 0) is 0 Å². The second-order valence-corrected chi connectivity index (χ2v) is 10.2. The molecule has 0 bridgehead atoms. The van der Waals surface area contributed by atoms with Crippen molar-refractivity contribution in [1.82, 2.24) is 24.5 Å². The summed E-state index contributed by atoms with van der Waals surface area (Å²) in [5.74, 6) is 1.36. The number of piperidine rings is 1. The van der Waals surface area contributed by atoms with E-state index < -0.39 is 0 Å². The fourth-order valence-corrected chi connectivity index (χ4v) is 5.99. The van der Waals surface area contributed by atoms with Crippen LogP contribution in [0.4, 0.5) is 0 Å². The Balaban J connectivity index is 1.35. The van der Waals surface area contributed by atoms with E-state index in [9.17, 15) is 4.79 Å². The molecule has 1 saturated carbocycles. The molecule has 0 N–H and O–H groups in total. The standard InChI is InChI=1S/C28H31N5O/c1-18-11-12-21(15-18)26-19(2)17-33-25(30-26)16-23(31-33)24-10-3-4-14-32(24)28(34)22-9-5-7-20-8-6-13-29-27(20)22/h5-9,13,16-18,21,24H,3-4,10-12,14-15H2,1-2H3/t18-,21?,24-/m0/s1. The van der Waals surface area contributed by atoms with Crippen LogP contribution in [0.15, 0.2) is 48.8 Å². The van der Waals surface area contributed by atoms with Crippen LogP contribution < -0.4 is 0 Å². The maximum atomic E-state index is 13.8. The van der Waals surface area contributed by atoms with E-state index in [4.69, 9.17) is 10.1 Å². The highest BCUT2D eigenvalue weighted by molar-refractivity contribution is 6.05. The number of fused-ring (bicyclic) bond motifs is 2. The number of amides is 1. The van der Waals surface area contributed by atoms with E-state index in [2.05, 4.69) is 31.1 Å². The van der Waals surface area contributed by atoms with Crippen molar-refractivity contribution in [2.45, 2.75) is 64.3 Å². The number of nitrogens with zero attached hydrogens (tertiary/aromatic N) is 5. The van der Waals surface area contributed by atoms with Gasteiger partial charge in [0.15, 0.2) is 5.65 Å². The minimum atomic E-state index is -0.0443. The number of pyridine rings is 1. The predicted octanol–water partition coefficient (Wildman–Crippen LogP) is 5.86. The first-order valence-corrected chi connectivity index (χ1v) is 12.6. The first-order valence-electron chi connectivity index (χ1n) is 12.6. The predicted molar refractivity (Wildman–Crippen MR) is 133 cm³/mol. The molecule has 4 heterocycles. The van der Waals surface area contributed by atoms with Gasteiger partial charge in [0.1, 0.15) is 0 Å². The Labute approximate surface area is 200 Å². The van der Waals surface area contributed by atoms with Crippen molar-refractivity contribution in [2.24, 2.45) is 5.92 Å². The minimum Gasteiger partial charge on any atom is -0.330 e. The van der Waals surface area contributed by atoms with Gasteiger partial charge in [-0.25, -0.2) is 9.50 Å². The summed E-state index contributed by atoms with van der Waals surface area (Å²) in [7, 11) is 0. The summed E-state index contributed by atoms with van der Waals surface area (Å²) < 4.78 is 1.91. The lowest BCUT2D eigenvalue weighted by Crippen LogP contribution is -2.38. The molecule has 4 aromatic rings. The molecule has 34 heavy (non-hydrogen) atoms. The zero-order valence-electron chi connectivity index (χ0n) is 19.9. The van der Waals surface area contributed by atoms with Crippen molar-refractivity contribution in [3.05, 3.63) is 71.3 Å². The maximum Gasteiger partial charge on any atom is 0.256 e. The molecule has 2 fully saturated rings. The molecule has 0 spiro atoms. The molecule has 1 aliphatic heterocycles. The highest BCUT2D eigenvalue weighted by Crippen LogP contribution is 2.39. The summed E-state index contributed by atoms with van der Waals surface area (Å²) in [5.41, 5.74) is 5.69. The maximum absolute atomic E-state index is 13.8. The van der Waals surface area contributed by atoms with E-state index in [1.807, 2.05) is 39.7 Å². The number of hydrogen-bond donors (Lipinski definition) is 0. The number of aryl methyl sites for hydroxylation is 1. The number of benzene rings is 1. The number of hydrogen-bond acceptors (Lipinski definition) is 4. The first kappa shape index (κ1) is 21.3. The summed E-state index contributed by atoms with van der Waals surface area (Å²) in [6, 6.07) is 11.8. The number of rotatable bonds is 3. The van der Waals surface area contributed by atoms with Gasteiger partial charge in [-0.2, -0.15) is 5.10 Å². The first-order chi connectivity index (χ1) is 16.6. The Bertz CT molecular complexity index is 1370. The zero-order chi connectivity index (χ0) is 23.2. The smallest absolute Gasteiger partial charge is 0.256 e. The highest BCUT2D eigenvalue weighted by atomic mass is 16.2. The molecule has 1 amide bonds. The van der Waals surface area contributed by atoms with Crippen LogP contribution in [0.2, 0.25) is 0 Å².